The van der Waals surface area contributed by atoms with Crippen LogP contribution < -0.4 is 20.3 Å². The van der Waals surface area contributed by atoms with Crippen LogP contribution in [-0.4, -0.2) is 62.2 Å². The number of aryl methyl sites for hydroxylation is 1. The van der Waals surface area contributed by atoms with Crippen LogP contribution in [0.5, 0.6) is 5.75 Å². The molecular formula is C24H36N6O. The van der Waals surface area contributed by atoms with E-state index in [4.69, 9.17) is 4.74 Å². The maximum Gasteiger partial charge on any atom is 0.191 e. The largest absolute Gasteiger partial charge is 0.491 e. The van der Waals surface area contributed by atoms with Gasteiger partial charge in [0.15, 0.2) is 5.96 Å². The van der Waals surface area contributed by atoms with Crippen molar-refractivity contribution in [2.24, 2.45) is 4.99 Å². The Bertz CT molecular complexity index is 874. The minimum Gasteiger partial charge on any atom is -0.491 e. The molecule has 0 aliphatic carbocycles. The third-order valence-electron chi connectivity index (χ3n) is 5.35. The number of hydrogen-bond acceptors (Lipinski definition) is 5. The topological polar surface area (TPSA) is 65.0 Å². The second-order valence-electron chi connectivity index (χ2n) is 8.37. The van der Waals surface area contributed by atoms with E-state index in [-0.39, 0.29) is 6.10 Å². The van der Waals surface area contributed by atoms with E-state index in [0.29, 0.717) is 13.1 Å². The van der Waals surface area contributed by atoms with E-state index in [0.717, 1.165) is 49.3 Å². The summed E-state index contributed by atoms with van der Waals surface area (Å²) in [5.41, 5.74) is 3.49. The molecule has 3 rings (SSSR count). The molecule has 0 amide bonds. The first-order chi connectivity index (χ1) is 14.9. The molecule has 1 saturated heterocycles. The SMILES string of the molecule is CN=C(NCc1ccnc(N2CCN(C)CC2)c1)NCc1ccc(C)cc1OC(C)C. The number of aromatic nitrogens is 1. The van der Waals surface area contributed by atoms with Crippen molar-refractivity contribution >= 4 is 11.8 Å². The number of piperazine rings is 1. The fourth-order valence-electron chi connectivity index (χ4n) is 3.54. The van der Waals surface area contributed by atoms with E-state index in [9.17, 15) is 0 Å². The molecule has 168 valence electrons. The number of nitrogens with one attached hydrogen (secondary N) is 2. The molecule has 0 atom stereocenters. The van der Waals surface area contributed by atoms with E-state index in [1.165, 1.54) is 11.1 Å². The molecule has 2 aromatic rings. The van der Waals surface area contributed by atoms with Gasteiger partial charge in [-0.1, -0.05) is 12.1 Å². The Kier molecular flexibility index (Phi) is 8.12. The molecule has 1 aliphatic rings. The number of benzene rings is 1. The number of pyridine rings is 1. The van der Waals surface area contributed by atoms with Crippen molar-refractivity contribution in [3.05, 3.63) is 53.2 Å². The molecule has 7 heteroatoms. The molecule has 1 aromatic carbocycles. The fraction of sp³-hybridized carbons (Fsp3) is 0.500. The molecule has 0 spiro atoms. The summed E-state index contributed by atoms with van der Waals surface area (Å²) in [7, 11) is 3.95. The summed E-state index contributed by atoms with van der Waals surface area (Å²) >= 11 is 0. The monoisotopic (exact) mass is 424 g/mol. The second-order valence-corrected chi connectivity index (χ2v) is 8.37. The standard InChI is InChI=1S/C24H36N6O/c1-18(2)31-22-14-19(3)6-7-21(22)17-28-24(25-4)27-16-20-8-9-26-23(15-20)30-12-10-29(5)11-13-30/h6-9,14-15,18H,10-13,16-17H2,1-5H3,(H2,25,27,28). The highest BCUT2D eigenvalue weighted by molar-refractivity contribution is 5.79. The van der Waals surface area contributed by atoms with Crippen LogP contribution in [-0.2, 0) is 13.1 Å². The van der Waals surface area contributed by atoms with Gasteiger partial charge in [-0.3, -0.25) is 4.99 Å². The number of guanidine groups is 1. The summed E-state index contributed by atoms with van der Waals surface area (Å²) < 4.78 is 5.98. The van der Waals surface area contributed by atoms with Gasteiger partial charge in [0, 0.05) is 58.1 Å². The van der Waals surface area contributed by atoms with Crippen molar-refractivity contribution in [3.8, 4) is 5.75 Å². The van der Waals surface area contributed by atoms with Crippen LogP contribution in [0.1, 0.15) is 30.5 Å². The van der Waals surface area contributed by atoms with Crippen molar-refractivity contribution in [1.29, 1.82) is 0 Å². The maximum absolute atomic E-state index is 5.98. The lowest BCUT2D eigenvalue weighted by Gasteiger charge is -2.33. The fourth-order valence-corrected chi connectivity index (χ4v) is 3.54. The van der Waals surface area contributed by atoms with Gasteiger partial charge in [0.05, 0.1) is 6.10 Å². The zero-order valence-electron chi connectivity index (χ0n) is 19.5. The zero-order chi connectivity index (χ0) is 22.2. The van der Waals surface area contributed by atoms with Gasteiger partial charge in [-0.05, 0) is 57.1 Å². The lowest BCUT2D eigenvalue weighted by atomic mass is 10.1. The Balaban J connectivity index is 1.56. The number of likely N-dealkylation sites (N-methyl/N-ethyl adjacent to an activating group) is 1. The van der Waals surface area contributed by atoms with Crippen LogP contribution in [0.15, 0.2) is 41.5 Å². The van der Waals surface area contributed by atoms with Crippen molar-refractivity contribution in [2.45, 2.75) is 40.0 Å². The molecule has 0 bridgehead atoms. The van der Waals surface area contributed by atoms with E-state index < -0.39 is 0 Å². The van der Waals surface area contributed by atoms with Crippen molar-refractivity contribution in [3.63, 3.8) is 0 Å². The molecular weight excluding hydrogens is 388 g/mol. The van der Waals surface area contributed by atoms with Crippen molar-refractivity contribution in [1.82, 2.24) is 20.5 Å². The first-order valence-electron chi connectivity index (χ1n) is 11.0. The Labute approximate surface area is 186 Å². The van der Waals surface area contributed by atoms with Gasteiger partial charge in [0.1, 0.15) is 11.6 Å². The lowest BCUT2D eigenvalue weighted by molar-refractivity contribution is 0.239. The van der Waals surface area contributed by atoms with Crippen LogP contribution in [0.2, 0.25) is 0 Å². The van der Waals surface area contributed by atoms with Crippen LogP contribution in [0, 0.1) is 6.92 Å². The third-order valence-corrected chi connectivity index (χ3v) is 5.35. The number of aliphatic imine (C=N–C) groups is 1. The predicted octanol–water partition coefficient (Wildman–Crippen LogP) is 2.79. The predicted molar refractivity (Wildman–Crippen MR) is 128 cm³/mol. The smallest absolute Gasteiger partial charge is 0.191 e. The van der Waals surface area contributed by atoms with Crippen molar-refractivity contribution in [2.75, 3.05) is 45.2 Å². The van der Waals surface area contributed by atoms with E-state index in [2.05, 4.69) is 74.7 Å². The summed E-state index contributed by atoms with van der Waals surface area (Å²) in [5, 5.41) is 6.81. The van der Waals surface area contributed by atoms with E-state index >= 15 is 0 Å². The first kappa shape index (κ1) is 22.9. The molecule has 0 saturated carbocycles. The van der Waals surface area contributed by atoms with Crippen LogP contribution in [0.25, 0.3) is 0 Å². The summed E-state index contributed by atoms with van der Waals surface area (Å²) in [6.45, 7) is 11.7. The molecule has 0 unspecified atom stereocenters. The van der Waals surface area contributed by atoms with Gasteiger partial charge in [0.2, 0.25) is 0 Å². The molecule has 1 aromatic heterocycles. The summed E-state index contributed by atoms with van der Waals surface area (Å²) in [6, 6.07) is 10.5. The van der Waals surface area contributed by atoms with Crippen molar-refractivity contribution < 1.29 is 4.74 Å². The van der Waals surface area contributed by atoms with Gasteiger partial charge in [-0.15, -0.1) is 0 Å². The molecule has 2 N–H and O–H groups in total. The molecule has 31 heavy (non-hydrogen) atoms. The highest BCUT2D eigenvalue weighted by Gasteiger charge is 2.15. The van der Waals surface area contributed by atoms with Crippen LogP contribution >= 0.6 is 0 Å². The quantitative estimate of drug-likeness (QED) is 0.526. The summed E-state index contributed by atoms with van der Waals surface area (Å²) in [5.74, 6) is 2.73. The molecule has 2 heterocycles. The zero-order valence-corrected chi connectivity index (χ0v) is 19.5. The average Bonchev–Trinajstić information content (AvgIpc) is 2.75. The van der Waals surface area contributed by atoms with Gasteiger partial charge in [-0.2, -0.15) is 0 Å². The van der Waals surface area contributed by atoms with Crippen LogP contribution in [0.3, 0.4) is 0 Å². The van der Waals surface area contributed by atoms with E-state index in [1.807, 2.05) is 20.0 Å². The summed E-state index contributed by atoms with van der Waals surface area (Å²) in [6.07, 6.45) is 2.03. The average molecular weight is 425 g/mol. The van der Waals surface area contributed by atoms with Gasteiger partial charge in [-0.25, -0.2) is 4.98 Å². The first-order valence-corrected chi connectivity index (χ1v) is 11.0. The molecule has 0 radical (unpaired) electrons. The minimum atomic E-state index is 0.138. The highest BCUT2D eigenvalue weighted by Crippen LogP contribution is 2.21. The summed E-state index contributed by atoms with van der Waals surface area (Å²) in [4.78, 5) is 13.6. The van der Waals surface area contributed by atoms with Crippen LogP contribution in [0.4, 0.5) is 5.82 Å². The Hall–Kier alpha value is -2.80. The second kappa shape index (κ2) is 11.0. The number of ether oxygens (including phenoxy) is 1. The maximum atomic E-state index is 5.98. The lowest BCUT2D eigenvalue weighted by Crippen LogP contribution is -2.44. The Morgan fingerprint density at radius 3 is 2.55 bits per heavy atom. The third kappa shape index (κ3) is 6.85. The van der Waals surface area contributed by atoms with Gasteiger partial charge < -0.3 is 25.2 Å². The number of anilines is 1. The van der Waals surface area contributed by atoms with Gasteiger partial charge in [0.25, 0.3) is 0 Å². The van der Waals surface area contributed by atoms with Gasteiger partial charge >= 0.3 is 0 Å². The molecule has 7 nitrogen and oxygen atoms in total. The Morgan fingerprint density at radius 1 is 1.10 bits per heavy atom. The Morgan fingerprint density at radius 2 is 1.84 bits per heavy atom. The molecule has 1 fully saturated rings. The number of nitrogens with zero attached hydrogens (tertiary/aromatic N) is 4. The normalized spacial score (nSPS) is 15.3. The van der Waals surface area contributed by atoms with E-state index in [1.54, 1.807) is 7.05 Å². The molecule has 1 aliphatic heterocycles. The minimum absolute atomic E-state index is 0.138. The number of rotatable bonds is 7. The highest BCUT2D eigenvalue weighted by atomic mass is 16.5. The number of hydrogen-bond donors (Lipinski definition) is 2.